The number of urea groups is 1. The molecule has 1 aromatic rings. The fourth-order valence-corrected chi connectivity index (χ4v) is 3.50. The molecule has 2 aliphatic heterocycles. The molecular formula is C17H23ClN4O2. The van der Waals surface area contributed by atoms with Gasteiger partial charge in [0.15, 0.2) is 0 Å². The molecule has 0 unspecified atom stereocenters. The summed E-state index contributed by atoms with van der Waals surface area (Å²) in [4.78, 5) is 29.9. The first-order valence-electron chi connectivity index (χ1n) is 8.32. The molecule has 3 amide bonds. The van der Waals surface area contributed by atoms with Crippen molar-refractivity contribution < 1.29 is 9.59 Å². The van der Waals surface area contributed by atoms with Crippen molar-refractivity contribution in [3.05, 3.63) is 28.8 Å². The number of aryl methyl sites for hydroxylation is 1. The van der Waals surface area contributed by atoms with E-state index in [4.69, 9.17) is 11.6 Å². The minimum atomic E-state index is -0.281. The monoisotopic (exact) mass is 350 g/mol. The molecule has 1 aromatic carbocycles. The van der Waals surface area contributed by atoms with Gasteiger partial charge < -0.3 is 10.2 Å². The smallest absolute Gasteiger partial charge is 0.324 e. The topological polar surface area (TPSA) is 55.9 Å². The van der Waals surface area contributed by atoms with Crippen LogP contribution in [-0.4, -0.2) is 67.0 Å². The predicted molar refractivity (Wildman–Crippen MR) is 94.5 cm³/mol. The highest BCUT2D eigenvalue weighted by molar-refractivity contribution is 6.30. The number of hydrogen-bond donors (Lipinski definition) is 1. The van der Waals surface area contributed by atoms with Crippen molar-refractivity contribution in [1.82, 2.24) is 15.1 Å². The lowest BCUT2D eigenvalue weighted by atomic mass is 10.1. The summed E-state index contributed by atoms with van der Waals surface area (Å²) >= 11 is 6.12. The molecule has 0 radical (unpaired) electrons. The Morgan fingerprint density at radius 1 is 1.21 bits per heavy atom. The molecule has 3 rings (SSSR count). The average molecular weight is 351 g/mol. The lowest BCUT2D eigenvalue weighted by Crippen LogP contribution is -2.55. The number of benzene rings is 1. The van der Waals surface area contributed by atoms with E-state index in [0.717, 1.165) is 36.9 Å². The summed E-state index contributed by atoms with van der Waals surface area (Å²) in [7, 11) is 0. The van der Waals surface area contributed by atoms with Crippen LogP contribution >= 0.6 is 11.6 Å². The van der Waals surface area contributed by atoms with Gasteiger partial charge in [0.1, 0.15) is 0 Å². The van der Waals surface area contributed by atoms with Gasteiger partial charge in [0.25, 0.3) is 0 Å². The molecule has 7 heteroatoms. The van der Waals surface area contributed by atoms with Gasteiger partial charge in [-0.25, -0.2) is 4.79 Å². The number of anilines is 1. The maximum Gasteiger partial charge on any atom is 0.324 e. The van der Waals surface area contributed by atoms with Crippen LogP contribution in [0.3, 0.4) is 0 Å². The number of carbonyl (C=O) groups excluding carboxylic acids is 2. The summed E-state index contributed by atoms with van der Waals surface area (Å²) in [6, 6.07) is 5.37. The molecule has 1 atom stereocenters. The number of piperazine rings is 1. The van der Waals surface area contributed by atoms with Crippen LogP contribution in [0.15, 0.2) is 18.2 Å². The van der Waals surface area contributed by atoms with E-state index < -0.39 is 0 Å². The Morgan fingerprint density at radius 2 is 1.92 bits per heavy atom. The van der Waals surface area contributed by atoms with Crippen LogP contribution in [-0.2, 0) is 4.79 Å². The Hall–Kier alpha value is -1.79. The molecule has 2 fully saturated rings. The Bertz CT molecular complexity index is 643. The number of halogens is 1. The Labute approximate surface area is 147 Å². The summed E-state index contributed by atoms with van der Waals surface area (Å²) in [5, 5.41) is 3.41. The van der Waals surface area contributed by atoms with Crippen molar-refractivity contribution in [2.45, 2.75) is 19.9 Å². The van der Waals surface area contributed by atoms with Gasteiger partial charge in [0, 0.05) is 50.0 Å². The first-order chi connectivity index (χ1) is 11.5. The molecule has 0 aliphatic carbocycles. The number of imide groups is 1. The fourth-order valence-electron chi connectivity index (χ4n) is 3.34. The number of nitrogens with one attached hydrogen (secondary N) is 1. The van der Waals surface area contributed by atoms with Crippen molar-refractivity contribution in [3.8, 4) is 0 Å². The highest BCUT2D eigenvalue weighted by Crippen LogP contribution is 2.25. The quantitative estimate of drug-likeness (QED) is 0.901. The SMILES string of the molecule is Cc1ccc(Cl)cc1N1CCN([C@@H](C)C(=O)N2CCNC2=O)CC1. The van der Waals surface area contributed by atoms with Gasteiger partial charge in [-0.1, -0.05) is 17.7 Å². The molecule has 0 saturated carbocycles. The van der Waals surface area contributed by atoms with Crippen LogP contribution in [0.5, 0.6) is 0 Å². The van der Waals surface area contributed by atoms with Gasteiger partial charge in [-0.2, -0.15) is 0 Å². The van der Waals surface area contributed by atoms with E-state index in [-0.39, 0.29) is 18.0 Å². The molecule has 2 heterocycles. The van der Waals surface area contributed by atoms with Crippen LogP contribution in [0.4, 0.5) is 10.5 Å². The second-order valence-corrected chi connectivity index (χ2v) is 6.79. The third-order valence-corrected chi connectivity index (χ3v) is 5.09. The third-order valence-electron chi connectivity index (χ3n) is 4.85. The molecule has 0 spiro atoms. The fraction of sp³-hybridized carbons (Fsp3) is 0.529. The number of nitrogens with zero attached hydrogens (tertiary/aromatic N) is 3. The van der Waals surface area contributed by atoms with Crippen molar-refractivity contribution in [2.24, 2.45) is 0 Å². The molecule has 0 bridgehead atoms. The van der Waals surface area contributed by atoms with Crippen molar-refractivity contribution >= 4 is 29.2 Å². The molecule has 2 aliphatic rings. The summed E-state index contributed by atoms with van der Waals surface area (Å²) in [6.45, 7) is 8.21. The maximum absolute atomic E-state index is 12.5. The molecule has 0 aromatic heterocycles. The zero-order valence-corrected chi connectivity index (χ0v) is 14.8. The third kappa shape index (κ3) is 3.35. The average Bonchev–Trinajstić information content (AvgIpc) is 3.02. The lowest BCUT2D eigenvalue weighted by Gasteiger charge is -2.39. The standard InChI is InChI=1S/C17H23ClN4O2/c1-12-3-4-14(18)11-15(12)21-9-7-20(8-10-21)13(2)16(23)22-6-5-19-17(22)24/h3-4,11,13H,5-10H2,1-2H3,(H,19,24)/t13-/m0/s1. The number of carbonyl (C=O) groups is 2. The Kier molecular flexibility index (Phi) is 4.96. The van der Waals surface area contributed by atoms with Crippen LogP contribution < -0.4 is 10.2 Å². The summed E-state index contributed by atoms with van der Waals surface area (Å²) in [5.41, 5.74) is 2.35. The molecule has 130 valence electrons. The Balaban J connectivity index is 1.61. The zero-order chi connectivity index (χ0) is 17.3. The van der Waals surface area contributed by atoms with E-state index in [0.29, 0.717) is 13.1 Å². The first kappa shape index (κ1) is 17.0. The van der Waals surface area contributed by atoms with Crippen LogP contribution in [0.2, 0.25) is 5.02 Å². The van der Waals surface area contributed by atoms with Gasteiger partial charge in [0.05, 0.1) is 6.04 Å². The summed E-state index contributed by atoms with van der Waals surface area (Å²) in [5.74, 6) is -0.114. The van der Waals surface area contributed by atoms with Crippen LogP contribution in [0, 0.1) is 6.92 Å². The predicted octanol–water partition coefficient (Wildman–Crippen LogP) is 1.71. The van der Waals surface area contributed by atoms with E-state index in [1.807, 2.05) is 25.1 Å². The molecule has 24 heavy (non-hydrogen) atoms. The first-order valence-corrected chi connectivity index (χ1v) is 8.69. The van der Waals surface area contributed by atoms with Gasteiger partial charge >= 0.3 is 6.03 Å². The zero-order valence-electron chi connectivity index (χ0n) is 14.1. The molecule has 2 saturated heterocycles. The van der Waals surface area contributed by atoms with Crippen molar-refractivity contribution in [2.75, 3.05) is 44.2 Å². The molecular weight excluding hydrogens is 328 g/mol. The van der Waals surface area contributed by atoms with E-state index >= 15 is 0 Å². The van der Waals surface area contributed by atoms with E-state index in [1.165, 1.54) is 10.5 Å². The van der Waals surface area contributed by atoms with E-state index in [9.17, 15) is 9.59 Å². The van der Waals surface area contributed by atoms with Crippen molar-refractivity contribution in [3.63, 3.8) is 0 Å². The van der Waals surface area contributed by atoms with Gasteiger partial charge in [-0.05, 0) is 31.5 Å². The Morgan fingerprint density at radius 3 is 2.54 bits per heavy atom. The van der Waals surface area contributed by atoms with Gasteiger partial charge in [-0.3, -0.25) is 14.6 Å². The van der Waals surface area contributed by atoms with Gasteiger partial charge in [0.2, 0.25) is 5.91 Å². The number of rotatable bonds is 3. The van der Waals surface area contributed by atoms with Crippen molar-refractivity contribution in [1.29, 1.82) is 0 Å². The van der Waals surface area contributed by atoms with E-state index in [1.54, 1.807) is 0 Å². The number of amides is 3. The normalized spacial score (nSPS) is 20.2. The lowest BCUT2D eigenvalue weighted by molar-refractivity contribution is -0.132. The minimum absolute atomic E-state index is 0.114. The largest absolute Gasteiger partial charge is 0.369 e. The van der Waals surface area contributed by atoms with Gasteiger partial charge in [-0.15, -0.1) is 0 Å². The highest BCUT2D eigenvalue weighted by atomic mass is 35.5. The number of hydrogen-bond acceptors (Lipinski definition) is 4. The summed E-state index contributed by atoms with van der Waals surface area (Å²) < 4.78 is 0. The highest BCUT2D eigenvalue weighted by Gasteiger charge is 2.33. The molecule has 1 N–H and O–H groups in total. The molecule has 6 nitrogen and oxygen atoms in total. The van der Waals surface area contributed by atoms with E-state index in [2.05, 4.69) is 22.0 Å². The summed E-state index contributed by atoms with van der Waals surface area (Å²) in [6.07, 6.45) is 0. The minimum Gasteiger partial charge on any atom is -0.369 e. The second kappa shape index (κ2) is 6.99. The maximum atomic E-state index is 12.5. The van der Waals surface area contributed by atoms with Crippen LogP contribution in [0.1, 0.15) is 12.5 Å². The second-order valence-electron chi connectivity index (χ2n) is 6.35. The van der Waals surface area contributed by atoms with Crippen LogP contribution in [0.25, 0.3) is 0 Å².